The largest absolute Gasteiger partial charge is 0.399 e. The molecule has 8 heteroatoms. The van der Waals surface area contributed by atoms with E-state index in [9.17, 15) is 8.42 Å². The highest BCUT2D eigenvalue weighted by Crippen LogP contribution is 2.53. The summed E-state index contributed by atoms with van der Waals surface area (Å²) in [5.41, 5.74) is 7.90. The molecule has 7 nitrogen and oxygen atoms in total. The normalized spacial score (nSPS) is 21.5. The number of sulfone groups is 1. The standard InChI is InChI=1S/C20H26N4O3S/c1-3-28(25,26)20(8-9-20)17-12-18(24-10-11-27-13-14(24)2)23-19(22-17)15-4-6-16(21)7-5-15/h4-7,12,14H,3,8-11,13,21H2,1-2H3/t14-/m0/s1. The summed E-state index contributed by atoms with van der Waals surface area (Å²) in [5, 5.41) is 0. The summed E-state index contributed by atoms with van der Waals surface area (Å²) < 4.78 is 30.3. The van der Waals surface area contributed by atoms with Crippen molar-refractivity contribution in [1.29, 1.82) is 0 Å². The minimum Gasteiger partial charge on any atom is -0.399 e. The second kappa shape index (κ2) is 7.00. The van der Waals surface area contributed by atoms with Gasteiger partial charge in [0.05, 0.1) is 24.9 Å². The van der Waals surface area contributed by atoms with Gasteiger partial charge in [0.2, 0.25) is 0 Å². The molecule has 0 amide bonds. The van der Waals surface area contributed by atoms with Crippen LogP contribution in [0.4, 0.5) is 11.5 Å². The summed E-state index contributed by atoms with van der Waals surface area (Å²) in [4.78, 5) is 11.7. The van der Waals surface area contributed by atoms with Gasteiger partial charge in [0.25, 0.3) is 0 Å². The number of nitrogens with zero attached hydrogens (tertiary/aromatic N) is 3. The molecule has 28 heavy (non-hydrogen) atoms. The van der Waals surface area contributed by atoms with Crippen molar-refractivity contribution in [1.82, 2.24) is 9.97 Å². The first kappa shape index (κ1) is 19.1. The molecule has 1 aromatic carbocycles. The molecule has 0 radical (unpaired) electrons. The van der Waals surface area contributed by atoms with E-state index in [0.717, 1.165) is 11.4 Å². The molecule has 0 unspecified atom stereocenters. The third-order valence-corrected chi connectivity index (χ3v) is 8.26. The van der Waals surface area contributed by atoms with Crippen LogP contribution in [0.5, 0.6) is 0 Å². The van der Waals surface area contributed by atoms with Crippen LogP contribution in [0.25, 0.3) is 11.4 Å². The molecule has 1 saturated carbocycles. The molecular weight excluding hydrogens is 376 g/mol. The number of ether oxygens (including phenoxy) is 1. The lowest BCUT2D eigenvalue weighted by Gasteiger charge is -2.34. The van der Waals surface area contributed by atoms with Crippen LogP contribution in [-0.4, -0.2) is 49.9 Å². The van der Waals surface area contributed by atoms with Crippen LogP contribution >= 0.6 is 0 Å². The van der Waals surface area contributed by atoms with Gasteiger partial charge in [-0.05, 0) is 44.0 Å². The number of benzene rings is 1. The number of nitrogen functional groups attached to an aromatic ring is 1. The van der Waals surface area contributed by atoms with Crippen molar-refractivity contribution in [3.8, 4) is 11.4 Å². The number of nitrogens with two attached hydrogens (primary N) is 1. The van der Waals surface area contributed by atoms with Crippen LogP contribution in [0.15, 0.2) is 30.3 Å². The zero-order valence-electron chi connectivity index (χ0n) is 16.3. The van der Waals surface area contributed by atoms with E-state index < -0.39 is 14.6 Å². The van der Waals surface area contributed by atoms with Gasteiger partial charge in [0.15, 0.2) is 15.7 Å². The first-order valence-corrected chi connectivity index (χ1v) is 11.3. The molecule has 0 bridgehead atoms. The fraction of sp³-hybridized carbons (Fsp3) is 0.500. The van der Waals surface area contributed by atoms with Crippen LogP contribution in [-0.2, 0) is 19.3 Å². The van der Waals surface area contributed by atoms with Crippen LogP contribution in [0.3, 0.4) is 0 Å². The minimum absolute atomic E-state index is 0.109. The van der Waals surface area contributed by atoms with Gasteiger partial charge in [-0.15, -0.1) is 0 Å². The quantitative estimate of drug-likeness (QED) is 0.767. The molecule has 1 aromatic heterocycles. The van der Waals surface area contributed by atoms with Gasteiger partial charge >= 0.3 is 0 Å². The lowest BCUT2D eigenvalue weighted by Crippen LogP contribution is -2.44. The van der Waals surface area contributed by atoms with E-state index in [0.29, 0.717) is 49.8 Å². The number of morpholine rings is 1. The summed E-state index contributed by atoms with van der Waals surface area (Å²) >= 11 is 0. The summed E-state index contributed by atoms with van der Waals surface area (Å²) in [6.45, 7) is 5.74. The fourth-order valence-corrected chi connectivity index (χ4v) is 5.46. The molecule has 1 aliphatic heterocycles. The Morgan fingerprint density at radius 2 is 1.96 bits per heavy atom. The van der Waals surface area contributed by atoms with E-state index in [1.54, 1.807) is 19.1 Å². The Balaban J connectivity index is 1.85. The lowest BCUT2D eigenvalue weighted by atomic mass is 10.1. The maximum Gasteiger partial charge on any atom is 0.161 e. The van der Waals surface area contributed by atoms with E-state index in [4.69, 9.17) is 20.4 Å². The molecular formula is C20H26N4O3S. The zero-order valence-corrected chi connectivity index (χ0v) is 17.1. The maximum absolute atomic E-state index is 12.8. The highest BCUT2D eigenvalue weighted by Gasteiger charge is 2.56. The van der Waals surface area contributed by atoms with Crippen molar-refractivity contribution < 1.29 is 13.2 Å². The molecule has 1 saturated heterocycles. The Bertz CT molecular complexity index is 971. The number of rotatable bonds is 5. The van der Waals surface area contributed by atoms with Crippen molar-refractivity contribution in [3.05, 3.63) is 36.0 Å². The van der Waals surface area contributed by atoms with Gasteiger partial charge in [-0.2, -0.15) is 0 Å². The van der Waals surface area contributed by atoms with E-state index in [1.165, 1.54) is 0 Å². The molecule has 2 aliphatic rings. The molecule has 2 fully saturated rings. The van der Waals surface area contributed by atoms with Crippen molar-refractivity contribution in [2.24, 2.45) is 0 Å². The Labute approximate surface area is 165 Å². The average Bonchev–Trinajstić information content (AvgIpc) is 3.51. The second-order valence-corrected chi connectivity index (χ2v) is 10.2. The van der Waals surface area contributed by atoms with Crippen LogP contribution < -0.4 is 10.6 Å². The van der Waals surface area contributed by atoms with Gasteiger partial charge < -0.3 is 15.4 Å². The van der Waals surface area contributed by atoms with Crippen LogP contribution in [0.1, 0.15) is 32.4 Å². The van der Waals surface area contributed by atoms with E-state index in [-0.39, 0.29) is 11.8 Å². The van der Waals surface area contributed by atoms with Gasteiger partial charge in [-0.1, -0.05) is 6.92 Å². The number of hydrogen-bond acceptors (Lipinski definition) is 7. The zero-order chi connectivity index (χ0) is 19.9. The lowest BCUT2D eigenvalue weighted by molar-refractivity contribution is 0.0985. The molecule has 0 spiro atoms. The Hall–Kier alpha value is -2.19. The monoisotopic (exact) mass is 402 g/mol. The number of hydrogen-bond donors (Lipinski definition) is 1. The van der Waals surface area contributed by atoms with E-state index in [2.05, 4.69) is 11.8 Å². The van der Waals surface area contributed by atoms with Gasteiger partial charge in [0, 0.05) is 29.6 Å². The van der Waals surface area contributed by atoms with Gasteiger partial charge in [0.1, 0.15) is 10.6 Å². The highest BCUT2D eigenvalue weighted by molar-refractivity contribution is 7.92. The first-order valence-electron chi connectivity index (χ1n) is 9.68. The minimum atomic E-state index is -3.26. The van der Waals surface area contributed by atoms with Gasteiger partial charge in [-0.25, -0.2) is 18.4 Å². The van der Waals surface area contributed by atoms with Crippen molar-refractivity contribution >= 4 is 21.3 Å². The third kappa shape index (κ3) is 3.24. The van der Waals surface area contributed by atoms with E-state index in [1.807, 2.05) is 18.2 Å². The van der Waals surface area contributed by atoms with Gasteiger partial charge in [-0.3, -0.25) is 0 Å². The van der Waals surface area contributed by atoms with E-state index >= 15 is 0 Å². The average molecular weight is 403 g/mol. The first-order chi connectivity index (χ1) is 13.4. The molecule has 1 aliphatic carbocycles. The molecule has 4 rings (SSSR count). The Morgan fingerprint density at radius 1 is 1.25 bits per heavy atom. The third-order valence-electron chi connectivity index (χ3n) is 5.69. The molecule has 2 N–H and O–H groups in total. The van der Waals surface area contributed by atoms with Crippen molar-refractivity contribution in [2.45, 2.75) is 37.5 Å². The SMILES string of the molecule is CCS(=O)(=O)C1(c2cc(N3CCOC[C@@H]3C)nc(-c3ccc(N)cc3)n2)CC1. The summed E-state index contributed by atoms with van der Waals surface area (Å²) in [6, 6.07) is 9.37. The Morgan fingerprint density at radius 3 is 2.57 bits per heavy atom. The molecule has 150 valence electrons. The van der Waals surface area contributed by atoms with Crippen LogP contribution in [0, 0.1) is 0 Å². The summed E-state index contributed by atoms with van der Waals surface area (Å²) in [6.07, 6.45) is 1.22. The maximum atomic E-state index is 12.8. The number of aromatic nitrogens is 2. The smallest absolute Gasteiger partial charge is 0.161 e. The molecule has 1 atom stereocenters. The summed E-state index contributed by atoms with van der Waals surface area (Å²) in [5.74, 6) is 1.39. The fourth-order valence-electron chi connectivity index (χ4n) is 3.76. The predicted octanol–water partition coefficient (Wildman–Crippen LogP) is 2.37. The second-order valence-electron chi connectivity index (χ2n) is 7.57. The predicted molar refractivity (Wildman–Crippen MR) is 110 cm³/mol. The topological polar surface area (TPSA) is 98.4 Å². The van der Waals surface area contributed by atoms with Crippen molar-refractivity contribution in [3.63, 3.8) is 0 Å². The van der Waals surface area contributed by atoms with Crippen LogP contribution in [0.2, 0.25) is 0 Å². The summed E-state index contributed by atoms with van der Waals surface area (Å²) in [7, 11) is -3.26. The molecule has 2 heterocycles. The van der Waals surface area contributed by atoms with Crippen molar-refractivity contribution in [2.75, 3.05) is 36.1 Å². The Kier molecular flexibility index (Phi) is 4.79. The number of anilines is 2. The highest BCUT2D eigenvalue weighted by atomic mass is 32.2. The molecule has 2 aromatic rings.